The van der Waals surface area contributed by atoms with Gasteiger partial charge in [0.05, 0.1) is 6.26 Å². The number of hydrogen-bond acceptors (Lipinski definition) is 5. The topological polar surface area (TPSA) is 84.0 Å². The molecule has 0 amide bonds. The molecule has 8 heteroatoms. The highest BCUT2D eigenvalue weighted by Gasteiger charge is 2.22. The SMILES string of the molecule is Cc1cnc(Cl)nc1NCC(C)(C)NS(C)(=O)=O. The Balaban J connectivity index is 2.72. The smallest absolute Gasteiger partial charge is 0.224 e. The van der Waals surface area contributed by atoms with E-state index in [1.54, 1.807) is 20.0 Å². The first-order valence-corrected chi connectivity index (χ1v) is 7.58. The van der Waals surface area contributed by atoms with Crippen molar-refractivity contribution in [3.63, 3.8) is 0 Å². The molecular weight excluding hydrogens is 276 g/mol. The maximum atomic E-state index is 11.2. The summed E-state index contributed by atoms with van der Waals surface area (Å²) in [7, 11) is -3.25. The van der Waals surface area contributed by atoms with Crippen LogP contribution < -0.4 is 10.0 Å². The van der Waals surface area contributed by atoms with Crippen LogP contribution in [0.4, 0.5) is 5.82 Å². The summed E-state index contributed by atoms with van der Waals surface area (Å²) in [5, 5.41) is 3.20. The van der Waals surface area contributed by atoms with E-state index in [-0.39, 0.29) is 5.28 Å². The van der Waals surface area contributed by atoms with Gasteiger partial charge in [0.1, 0.15) is 5.82 Å². The van der Waals surface area contributed by atoms with Crippen LogP contribution in [0.5, 0.6) is 0 Å². The third-order valence-corrected chi connectivity index (χ3v) is 3.21. The van der Waals surface area contributed by atoms with Crippen molar-refractivity contribution in [2.45, 2.75) is 26.3 Å². The second kappa shape index (κ2) is 5.38. The highest BCUT2D eigenvalue weighted by Crippen LogP contribution is 2.14. The molecule has 1 aromatic rings. The van der Waals surface area contributed by atoms with Crippen molar-refractivity contribution in [2.75, 3.05) is 18.1 Å². The third kappa shape index (κ3) is 5.16. The highest BCUT2D eigenvalue weighted by molar-refractivity contribution is 7.88. The number of hydrogen-bond donors (Lipinski definition) is 2. The first kappa shape index (κ1) is 15.1. The van der Waals surface area contributed by atoms with E-state index in [2.05, 4.69) is 20.0 Å². The molecule has 102 valence electrons. The summed E-state index contributed by atoms with van der Waals surface area (Å²) in [6, 6.07) is 0. The van der Waals surface area contributed by atoms with E-state index < -0.39 is 15.6 Å². The average molecular weight is 293 g/mol. The van der Waals surface area contributed by atoms with Crippen molar-refractivity contribution in [1.82, 2.24) is 14.7 Å². The molecule has 2 N–H and O–H groups in total. The van der Waals surface area contributed by atoms with Gasteiger partial charge in [0.15, 0.2) is 0 Å². The number of nitrogens with zero attached hydrogens (tertiary/aromatic N) is 2. The molecule has 0 bridgehead atoms. The predicted molar refractivity (Wildman–Crippen MR) is 72.3 cm³/mol. The fraction of sp³-hybridized carbons (Fsp3) is 0.600. The lowest BCUT2D eigenvalue weighted by Crippen LogP contribution is -2.47. The minimum absolute atomic E-state index is 0.150. The lowest BCUT2D eigenvalue weighted by Gasteiger charge is -2.25. The van der Waals surface area contributed by atoms with Crippen LogP contribution in [-0.4, -0.2) is 36.7 Å². The third-order valence-electron chi connectivity index (χ3n) is 2.10. The summed E-state index contributed by atoms with van der Waals surface area (Å²) < 4.78 is 24.9. The van der Waals surface area contributed by atoms with E-state index in [9.17, 15) is 8.42 Å². The highest BCUT2D eigenvalue weighted by atomic mass is 35.5. The molecule has 0 saturated heterocycles. The fourth-order valence-corrected chi connectivity index (χ4v) is 2.65. The zero-order valence-corrected chi connectivity index (χ0v) is 12.4. The predicted octanol–water partition coefficient (Wildman–Crippen LogP) is 1.18. The van der Waals surface area contributed by atoms with Gasteiger partial charge in [0.2, 0.25) is 15.3 Å². The summed E-state index contributed by atoms with van der Waals surface area (Å²) in [5.41, 5.74) is 0.215. The molecule has 0 saturated carbocycles. The zero-order valence-electron chi connectivity index (χ0n) is 10.8. The van der Waals surface area contributed by atoms with E-state index in [4.69, 9.17) is 11.6 Å². The van der Waals surface area contributed by atoms with Crippen LogP contribution in [0.25, 0.3) is 0 Å². The van der Waals surface area contributed by atoms with Crippen LogP contribution in [-0.2, 0) is 10.0 Å². The molecule has 0 unspecified atom stereocenters. The molecule has 0 aromatic carbocycles. The van der Waals surface area contributed by atoms with Crippen LogP contribution in [0.1, 0.15) is 19.4 Å². The molecule has 0 fully saturated rings. The maximum Gasteiger partial charge on any atom is 0.224 e. The number of anilines is 1. The maximum absolute atomic E-state index is 11.2. The summed E-state index contributed by atoms with van der Waals surface area (Å²) >= 11 is 5.70. The van der Waals surface area contributed by atoms with Crippen molar-refractivity contribution in [2.24, 2.45) is 0 Å². The normalized spacial score (nSPS) is 12.5. The average Bonchev–Trinajstić information content (AvgIpc) is 2.16. The number of nitrogens with one attached hydrogen (secondary N) is 2. The van der Waals surface area contributed by atoms with Crippen LogP contribution in [0.15, 0.2) is 6.20 Å². The van der Waals surface area contributed by atoms with Gasteiger partial charge in [0.25, 0.3) is 0 Å². The summed E-state index contributed by atoms with van der Waals surface area (Å²) in [5.74, 6) is 0.596. The van der Waals surface area contributed by atoms with Crippen molar-refractivity contribution < 1.29 is 8.42 Å². The second-order valence-corrected chi connectivity index (χ2v) is 6.87. The van der Waals surface area contributed by atoms with Gasteiger partial charge >= 0.3 is 0 Å². The Labute approximate surface area is 112 Å². The number of sulfonamides is 1. The van der Waals surface area contributed by atoms with Crippen LogP contribution >= 0.6 is 11.6 Å². The summed E-state index contributed by atoms with van der Waals surface area (Å²) in [6.07, 6.45) is 2.73. The minimum atomic E-state index is -3.25. The van der Waals surface area contributed by atoms with Crippen molar-refractivity contribution >= 4 is 27.4 Å². The molecule has 0 spiro atoms. The summed E-state index contributed by atoms with van der Waals surface area (Å²) in [6.45, 7) is 5.78. The van der Waals surface area contributed by atoms with Gasteiger partial charge in [-0.25, -0.2) is 23.1 Å². The Morgan fingerprint density at radius 1 is 1.44 bits per heavy atom. The lowest BCUT2D eigenvalue weighted by molar-refractivity contribution is 0.475. The monoisotopic (exact) mass is 292 g/mol. The minimum Gasteiger partial charge on any atom is -0.368 e. The summed E-state index contributed by atoms with van der Waals surface area (Å²) in [4.78, 5) is 7.88. The molecule has 1 heterocycles. The van der Waals surface area contributed by atoms with E-state index in [1.807, 2.05) is 6.92 Å². The van der Waals surface area contributed by atoms with Crippen molar-refractivity contribution in [3.05, 3.63) is 17.0 Å². The van der Waals surface area contributed by atoms with E-state index in [1.165, 1.54) is 0 Å². The number of rotatable bonds is 5. The molecule has 1 aromatic heterocycles. The van der Waals surface area contributed by atoms with E-state index in [0.717, 1.165) is 11.8 Å². The molecule has 0 aliphatic rings. The van der Waals surface area contributed by atoms with Crippen molar-refractivity contribution in [1.29, 1.82) is 0 Å². The number of aromatic nitrogens is 2. The molecule has 6 nitrogen and oxygen atoms in total. The fourth-order valence-electron chi connectivity index (χ4n) is 1.44. The van der Waals surface area contributed by atoms with Crippen molar-refractivity contribution in [3.8, 4) is 0 Å². The Hall–Kier alpha value is -0.920. The molecule has 0 aliphatic carbocycles. The Bertz CT molecular complexity index is 531. The van der Waals surface area contributed by atoms with Gasteiger partial charge < -0.3 is 5.32 Å². The number of aryl methyl sites for hydroxylation is 1. The first-order chi connectivity index (χ1) is 8.09. The Morgan fingerprint density at radius 2 is 2.06 bits per heavy atom. The molecule has 1 rings (SSSR count). The van der Waals surface area contributed by atoms with E-state index >= 15 is 0 Å². The standard InChI is InChI=1S/C10H17ClN4O2S/c1-7-5-12-9(11)14-8(7)13-6-10(2,3)15-18(4,16)17/h5,15H,6H2,1-4H3,(H,12,13,14). The Kier molecular flexibility index (Phi) is 4.52. The van der Waals surface area contributed by atoms with Gasteiger partial charge in [-0.1, -0.05) is 0 Å². The van der Waals surface area contributed by atoms with Gasteiger partial charge in [0, 0.05) is 23.8 Å². The van der Waals surface area contributed by atoms with E-state index in [0.29, 0.717) is 12.4 Å². The second-order valence-electron chi connectivity index (χ2n) is 4.78. The molecular formula is C10H17ClN4O2S. The van der Waals surface area contributed by atoms with Gasteiger partial charge in [-0.15, -0.1) is 0 Å². The Morgan fingerprint density at radius 3 is 2.61 bits per heavy atom. The molecule has 18 heavy (non-hydrogen) atoms. The zero-order chi connectivity index (χ0) is 14.0. The first-order valence-electron chi connectivity index (χ1n) is 5.31. The van der Waals surface area contributed by atoms with Crippen LogP contribution in [0.2, 0.25) is 5.28 Å². The van der Waals surface area contributed by atoms with Crippen LogP contribution in [0, 0.1) is 6.92 Å². The molecule has 0 atom stereocenters. The van der Waals surface area contributed by atoms with Gasteiger partial charge in [-0.2, -0.15) is 0 Å². The molecule has 0 radical (unpaired) electrons. The number of halogens is 1. The quantitative estimate of drug-likeness (QED) is 0.796. The van der Waals surface area contributed by atoms with Gasteiger partial charge in [-0.05, 0) is 32.4 Å². The lowest BCUT2D eigenvalue weighted by atomic mass is 10.1. The van der Waals surface area contributed by atoms with Gasteiger partial charge in [-0.3, -0.25) is 0 Å². The van der Waals surface area contributed by atoms with Crippen LogP contribution in [0.3, 0.4) is 0 Å². The molecule has 0 aliphatic heterocycles. The largest absolute Gasteiger partial charge is 0.368 e.